The number of fused-ring (bicyclic) bond motifs is 1. The largest absolute Gasteiger partial charge is 0.454 e. The third-order valence-corrected chi connectivity index (χ3v) is 6.47. The third-order valence-electron chi connectivity index (χ3n) is 3.46. The van der Waals surface area contributed by atoms with Gasteiger partial charge in [0.25, 0.3) is 0 Å². The van der Waals surface area contributed by atoms with Crippen molar-refractivity contribution in [1.29, 1.82) is 0 Å². The van der Waals surface area contributed by atoms with Gasteiger partial charge in [-0.2, -0.15) is 0 Å². The maximum Gasteiger partial charge on any atom is 0.311 e. The van der Waals surface area contributed by atoms with Gasteiger partial charge in [0.15, 0.2) is 11.5 Å². The van der Waals surface area contributed by atoms with Crippen molar-refractivity contribution in [3.63, 3.8) is 0 Å². The van der Waals surface area contributed by atoms with E-state index in [-0.39, 0.29) is 20.2 Å². The Bertz CT molecular complexity index is 501. The van der Waals surface area contributed by atoms with E-state index in [2.05, 4.69) is 0 Å². The first-order valence-corrected chi connectivity index (χ1v) is 9.58. The van der Waals surface area contributed by atoms with Crippen LogP contribution in [-0.2, 0) is 4.79 Å². The second kappa shape index (κ2) is 8.58. The molecule has 3 rings (SSSR count). The summed E-state index contributed by atoms with van der Waals surface area (Å²) in [5.74, 6) is 2.94. The topological polar surface area (TPSA) is 44.8 Å². The Hall–Kier alpha value is -1.01. The van der Waals surface area contributed by atoms with Gasteiger partial charge in [0.05, 0.1) is 0 Å². The number of hydrogen-bond acceptors (Lipinski definition) is 6. The molecule has 22 heavy (non-hydrogen) atoms. The zero-order valence-electron chi connectivity index (χ0n) is 11.7. The maximum atomic E-state index is 11.8. The molecule has 2 aliphatic heterocycles. The van der Waals surface area contributed by atoms with Crippen LogP contribution in [0.1, 0.15) is 39.5 Å². The molecule has 0 N–H and O–H groups in total. The summed E-state index contributed by atoms with van der Waals surface area (Å²) in [7, 11) is 3.95. The van der Waals surface area contributed by atoms with Crippen LogP contribution in [0.5, 0.6) is 17.2 Å². The van der Waals surface area contributed by atoms with Crippen LogP contribution >= 0.6 is 21.6 Å². The zero-order valence-corrected chi connectivity index (χ0v) is 13.3. The lowest BCUT2D eigenvalue weighted by atomic mass is 10.1. The highest BCUT2D eigenvalue weighted by molar-refractivity contribution is 8.77. The van der Waals surface area contributed by atoms with E-state index in [0.717, 1.165) is 18.1 Å². The molecule has 0 amide bonds. The Morgan fingerprint density at radius 3 is 2.95 bits per heavy atom. The SMILES string of the molecule is C.O=C(CCCCC1CCSS1)Oc1ccc2c(c1)OCO2. The molecule has 1 fully saturated rings. The number of benzene rings is 1. The van der Waals surface area contributed by atoms with Gasteiger partial charge in [-0.25, -0.2) is 0 Å². The smallest absolute Gasteiger partial charge is 0.311 e. The minimum atomic E-state index is -0.178. The van der Waals surface area contributed by atoms with Crippen LogP contribution in [0.4, 0.5) is 0 Å². The number of ether oxygens (including phenoxy) is 3. The lowest BCUT2D eigenvalue weighted by Crippen LogP contribution is -2.08. The summed E-state index contributed by atoms with van der Waals surface area (Å²) in [6, 6.07) is 5.20. The molecule has 1 atom stereocenters. The van der Waals surface area contributed by atoms with Crippen molar-refractivity contribution in [3.05, 3.63) is 18.2 Å². The monoisotopic (exact) mass is 342 g/mol. The highest BCUT2D eigenvalue weighted by atomic mass is 33.1. The highest BCUT2D eigenvalue weighted by Crippen LogP contribution is 2.40. The number of carbonyl (C=O) groups excluding carboxylic acids is 1. The molecule has 2 heterocycles. The van der Waals surface area contributed by atoms with Crippen LogP contribution in [0.25, 0.3) is 0 Å². The van der Waals surface area contributed by atoms with Crippen LogP contribution in [0.2, 0.25) is 0 Å². The predicted molar refractivity (Wildman–Crippen MR) is 91.9 cm³/mol. The third kappa shape index (κ3) is 4.74. The lowest BCUT2D eigenvalue weighted by molar-refractivity contribution is -0.134. The molecule has 0 radical (unpaired) electrons. The first-order valence-electron chi connectivity index (χ1n) is 7.20. The molecule has 0 saturated carbocycles. The summed E-state index contributed by atoms with van der Waals surface area (Å²) in [6.45, 7) is 0.226. The molecule has 0 aliphatic carbocycles. The van der Waals surface area contributed by atoms with Crippen molar-refractivity contribution >= 4 is 27.6 Å². The van der Waals surface area contributed by atoms with Gasteiger partial charge in [-0.1, -0.05) is 35.4 Å². The first-order chi connectivity index (χ1) is 10.3. The van der Waals surface area contributed by atoms with Gasteiger partial charge in [0, 0.05) is 23.5 Å². The van der Waals surface area contributed by atoms with Gasteiger partial charge < -0.3 is 14.2 Å². The van der Waals surface area contributed by atoms with E-state index in [1.165, 1.54) is 18.6 Å². The average Bonchev–Trinajstić information content (AvgIpc) is 3.14. The molecule has 122 valence electrons. The Morgan fingerprint density at radius 1 is 1.27 bits per heavy atom. The summed E-state index contributed by atoms with van der Waals surface area (Å²) < 4.78 is 15.8. The normalized spacial score (nSPS) is 18.8. The fraction of sp³-hybridized carbons (Fsp3) is 0.562. The van der Waals surface area contributed by atoms with Gasteiger partial charge in [-0.05, 0) is 31.4 Å². The molecule has 6 heteroatoms. The van der Waals surface area contributed by atoms with Crippen molar-refractivity contribution in [2.24, 2.45) is 0 Å². The standard InChI is InChI=1S/C15H18O4S2.CH4/c16-15(4-2-1-3-12-7-8-20-21-12)19-11-5-6-13-14(9-11)18-10-17-13;/h5-6,9,12H,1-4,7-8,10H2;1H4. The number of esters is 1. The Balaban J connectivity index is 0.00000176. The van der Waals surface area contributed by atoms with Gasteiger partial charge in [-0.15, -0.1) is 0 Å². The summed E-state index contributed by atoms with van der Waals surface area (Å²) in [6.07, 6.45) is 4.96. The predicted octanol–water partition coefficient (Wildman–Crippen LogP) is 4.67. The van der Waals surface area contributed by atoms with E-state index in [9.17, 15) is 4.79 Å². The molecule has 0 spiro atoms. The fourth-order valence-corrected chi connectivity index (χ4v) is 5.36. The Labute approximate surface area is 139 Å². The molecule has 0 bridgehead atoms. The van der Waals surface area contributed by atoms with Crippen molar-refractivity contribution in [1.82, 2.24) is 0 Å². The van der Waals surface area contributed by atoms with E-state index in [4.69, 9.17) is 14.2 Å². The molecule has 4 nitrogen and oxygen atoms in total. The van der Waals surface area contributed by atoms with Gasteiger partial charge in [-0.3, -0.25) is 4.79 Å². The van der Waals surface area contributed by atoms with Crippen molar-refractivity contribution in [2.75, 3.05) is 12.5 Å². The lowest BCUT2D eigenvalue weighted by Gasteiger charge is -2.07. The van der Waals surface area contributed by atoms with Crippen molar-refractivity contribution in [2.45, 2.75) is 44.8 Å². The Morgan fingerprint density at radius 2 is 2.14 bits per heavy atom. The van der Waals surface area contributed by atoms with Crippen molar-refractivity contribution in [3.8, 4) is 17.2 Å². The van der Waals surface area contributed by atoms with Gasteiger partial charge in [0.1, 0.15) is 5.75 Å². The molecule has 1 aromatic carbocycles. The van der Waals surface area contributed by atoms with E-state index >= 15 is 0 Å². The second-order valence-corrected chi connectivity index (χ2v) is 7.85. The summed E-state index contributed by atoms with van der Waals surface area (Å²) in [5, 5.41) is 0.778. The van der Waals surface area contributed by atoms with Gasteiger partial charge >= 0.3 is 5.97 Å². The number of carbonyl (C=O) groups is 1. The molecule has 1 unspecified atom stereocenters. The van der Waals surface area contributed by atoms with Crippen molar-refractivity contribution < 1.29 is 19.0 Å². The van der Waals surface area contributed by atoms with E-state index < -0.39 is 0 Å². The Kier molecular flexibility index (Phi) is 6.76. The minimum Gasteiger partial charge on any atom is -0.454 e. The summed E-state index contributed by atoms with van der Waals surface area (Å²) in [5.41, 5.74) is 0. The highest BCUT2D eigenvalue weighted by Gasteiger charge is 2.17. The second-order valence-electron chi connectivity index (χ2n) is 5.06. The van der Waals surface area contributed by atoms with Crippen LogP contribution in [-0.4, -0.2) is 23.8 Å². The quantitative estimate of drug-likeness (QED) is 0.324. The fourth-order valence-electron chi connectivity index (χ4n) is 2.33. The van der Waals surface area contributed by atoms with E-state index in [0.29, 0.717) is 23.7 Å². The molecular formula is C16H22O4S2. The van der Waals surface area contributed by atoms with E-state index in [1.54, 1.807) is 18.2 Å². The zero-order chi connectivity index (χ0) is 14.5. The summed E-state index contributed by atoms with van der Waals surface area (Å²) >= 11 is 0. The molecule has 0 aromatic heterocycles. The summed E-state index contributed by atoms with van der Waals surface area (Å²) in [4.78, 5) is 11.8. The van der Waals surface area contributed by atoms with Crippen LogP contribution in [0.3, 0.4) is 0 Å². The first kappa shape index (κ1) is 17.3. The van der Waals surface area contributed by atoms with E-state index in [1.807, 2.05) is 21.6 Å². The van der Waals surface area contributed by atoms with Crippen LogP contribution in [0.15, 0.2) is 18.2 Å². The van der Waals surface area contributed by atoms with Gasteiger partial charge in [0.2, 0.25) is 6.79 Å². The van der Waals surface area contributed by atoms with Crippen LogP contribution < -0.4 is 14.2 Å². The number of hydrogen-bond donors (Lipinski definition) is 0. The van der Waals surface area contributed by atoms with Crippen LogP contribution in [0, 0.1) is 0 Å². The minimum absolute atomic E-state index is 0. The molecular weight excluding hydrogens is 320 g/mol. The molecule has 1 saturated heterocycles. The molecule has 2 aliphatic rings. The average molecular weight is 342 g/mol. The maximum absolute atomic E-state index is 11.8. The molecule has 1 aromatic rings. The number of rotatable bonds is 6. The number of unbranched alkanes of at least 4 members (excludes halogenated alkanes) is 1.